The minimum Gasteiger partial charge on any atom is -0.872 e. The van der Waals surface area contributed by atoms with Crippen LogP contribution in [0.3, 0.4) is 0 Å². The molecule has 0 fully saturated rings. The van der Waals surface area contributed by atoms with E-state index in [0.29, 0.717) is 0 Å². The quantitative estimate of drug-likeness (QED) is 0.449. The fourth-order valence-corrected chi connectivity index (χ4v) is 1.94. The normalized spacial score (nSPS) is 11.1. The van der Waals surface area contributed by atoms with Gasteiger partial charge in [0.15, 0.2) is 0 Å². The van der Waals surface area contributed by atoms with Gasteiger partial charge in [0.05, 0.1) is 0 Å². The molecule has 4 heteroatoms. The van der Waals surface area contributed by atoms with Crippen LogP contribution in [0.1, 0.15) is 12.8 Å². The Balaban J connectivity index is 0.000000375. The predicted octanol–water partition coefficient (Wildman–Crippen LogP) is 4.89. The summed E-state index contributed by atoms with van der Waals surface area (Å²) in [5.41, 5.74) is 0. The molecule has 5 rings (SSSR count). The molecular formula is C28H25O3V-5. The summed E-state index contributed by atoms with van der Waals surface area (Å²) in [7, 11) is 0. The Kier molecular flexibility index (Phi) is 18.6. The second-order valence-electron chi connectivity index (χ2n) is 5.95. The molecule has 3 aromatic rings. The van der Waals surface area contributed by atoms with Crippen molar-refractivity contribution in [2.75, 3.05) is 0 Å². The monoisotopic (exact) mass is 460 g/mol. The Morgan fingerprint density at radius 1 is 0.469 bits per heavy atom. The van der Waals surface area contributed by atoms with Crippen LogP contribution in [0.2, 0.25) is 0 Å². The van der Waals surface area contributed by atoms with Crippen molar-refractivity contribution in [3.8, 4) is 17.2 Å². The Labute approximate surface area is 203 Å². The molecule has 1 radical (unpaired) electrons. The zero-order chi connectivity index (χ0) is 22.4. The van der Waals surface area contributed by atoms with Crippen LogP contribution < -0.4 is 15.3 Å². The van der Waals surface area contributed by atoms with Crippen molar-refractivity contribution in [2.45, 2.75) is 12.8 Å². The second kappa shape index (κ2) is 20.9. The first-order valence-corrected chi connectivity index (χ1v) is 9.78. The van der Waals surface area contributed by atoms with Gasteiger partial charge in [-0.2, -0.15) is 12.2 Å². The fourth-order valence-electron chi connectivity index (χ4n) is 1.94. The standard InChI is InChI=1S/3C6H6O.2C5H5.V/c3*7-6-4-2-1-3-5-6;2*1-2-4-5-3-1;/h3*1-5,7H;2*1-3H,4H2;/q;;;2*-1;/p-3. The van der Waals surface area contributed by atoms with E-state index in [2.05, 4.69) is 24.3 Å². The van der Waals surface area contributed by atoms with Gasteiger partial charge < -0.3 is 15.3 Å². The zero-order valence-corrected chi connectivity index (χ0v) is 19.1. The molecule has 0 aliphatic heterocycles. The van der Waals surface area contributed by atoms with Crippen LogP contribution in [0.4, 0.5) is 0 Å². The summed E-state index contributed by atoms with van der Waals surface area (Å²) in [6, 6.07) is 25.0. The molecule has 2 aliphatic rings. The summed E-state index contributed by atoms with van der Waals surface area (Å²) in [4.78, 5) is 0. The van der Waals surface area contributed by atoms with E-state index in [-0.39, 0.29) is 35.8 Å². The molecule has 0 saturated carbocycles. The van der Waals surface area contributed by atoms with Gasteiger partial charge in [0.2, 0.25) is 0 Å². The van der Waals surface area contributed by atoms with E-state index in [4.69, 9.17) is 0 Å². The number of allylic oxidation sites excluding steroid dienone is 8. The summed E-state index contributed by atoms with van der Waals surface area (Å²) in [6.45, 7) is 0. The molecule has 0 atom stereocenters. The molecule has 2 aliphatic carbocycles. The topological polar surface area (TPSA) is 69.2 Å². The van der Waals surface area contributed by atoms with E-state index in [1.165, 1.54) is 36.4 Å². The van der Waals surface area contributed by atoms with Gasteiger partial charge in [-0.05, 0) is 0 Å². The smallest absolute Gasteiger partial charge is 0 e. The van der Waals surface area contributed by atoms with Crippen molar-refractivity contribution in [1.82, 2.24) is 0 Å². The molecule has 0 aromatic heterocycles. The molecule has 0 heterocycles. The van der Waals surface area contributed by atoms with Gasteiger partial charge >= 0.3 is 0 Å². The van der Waals surface area contributed by atoms with Gasteiger partial charge in [0.25, 0.3) is 0 Å². The van der Waals surface area contributed by atoms with Crippen molar-refractivity contribution >= 4 is 0 Å². The fraction of sp³-hybridized carbons (Fsp3) is 0.0714. The minimum absolute atomic E-state index is 0. The summed E-state index contributed by atoms with van der Waals surface area (Å²) >= 11 is 0. The molecule has 0 spiro atoms. The third kappa shape index (κ3) is 18.6. The molecule has 0 amide bonds. The Morgan fingerprint density at radius 2 is 0.750 bits per heavy atom. The summed E-state index contributed by atoms with van der Waals surface area (Å²) in [6.07, 6.45) is 20.0. The maximum Gasteiger partial charge on any atom is 0 e. The number of hydrogen-bond acceptors (Lipinski definition) is 3. The third-order valence-corrected chi connectivity index (χ3v) is 3.40. The van der Waals surface area contributed by atoms with Crippen molar-refractivity contribution in [1.29, 1.82) is 0 Å². The Hall–Kier alpha value is -3.40. The molecule has 0 saturated heterocycles. The number of para-hydroxylation sites is 3. The summed E-state index contributed by atoms with van der Waals surface area (Å²) in [5.74, 6) is 0.215. The molecule has 32 heavy (non-hydrogen) atoms. The summed E-state index contributed by atoms with van der Waals surface area (Å²) < 4.78 is 0. The first-order chi connectivity index (χ1) is 15.2. The van der Waals surface area contributed by atoms with Gasteiger partial charge in [0, 0.05) is 18.6 Å². The molecular weight excluding hydrogens is 435 g/mol. The van der Waals surface area contributed by atoms with Crippen LogP contribution in [0, 0.1) is 12.2 Å². The Bertz CT molecular complexity index is 772. The van der Waals surface area contributed by atoms with Crippen LogP contribution in [0.5, 0.6) is 17.2 Å². The van der Waals surface area contributed by atoms with E-state index >= 15 is 0 Å². The van der Waals surface area contributed by atoms with Crippen molar-refractivity contribution in [3.05, 3.63) is 140 Å². The third-order valence-electron chi connectivity index (χ3n) is 3.40. The van der Waals surface area contributed by atoms with Crippen LogP contribution in [-0.4, -0.2) is 0 Å². The predicted molar refractivity (Wildman–Crippen MR) is 121 cm³/mol. The average molecular weight is 460 g/mol. The first kappa shape index (κ1) is 28.6. The average Bonchev–Trinajstić information content (AvgIpc) is 3.56. The van der Waals surface area contributed by atoms with Gasteiger partial charge in [0.1, 0.15) is 0 Å². The molecule has 3 aromatic carbocycles. The second-order valence-corrected chi connectivity index (χ2v) is 5.95. The number of rotatable bonds is 0. The maximum absolute atomic E-state index is 10.3. The van der Waals surface area contributed by atoms with Crippen molar-refractivity contribution in [2.24, 2.45) is 0 Å². The van der Waals surface area contributed by atoms with Gasteiger partial charge in [-0.25, -0.2) is 24.3 Å². The van der Waals surface area contributed by atoms with E-state index in [1.807, 2.05) is 42.5 Å². The van der Waals surface area contributed by atoms with Crippen LogP contribution >= 0.6 is 0 Å². The van der Waals surface area contributed by atoms with E-state index < -0.39 is 0 Å². The molecule has 0 N–H and O–H groups in total. The van der Waals surface area contributed by atoms with Gasteiger partial charge in [-0.1, -0.05) is 91.0 Å². The van der Waals surface area contributed by atoms with Crippen LogP contribution in [0.15, 0.2) is 127 Å². The van der Waals surface area contributed by atoms with E-state index in [0.717, 1.165) is 12.8 Å². The SMILES string of the molecule is [C-]1=CC=CC1.[C-]1=CC=CC1.[O-]c1ccccc1.[O-]c1ccccc1.[O-]c1ccccc1.[V]. The molecule has 0 bridgehead atoms. The van der Waals surface area contributed by atoms with E-state index in [1.54, 1.807) is 36.4 Å². The number of hydrogen-bond donors (Lipinski definition) is 0. The first-order valence-electron chi connectivity index (χ1n) is 9.78. The van der Waals surface area contributed by atoms with Crippen LogP contribution in [0.25, 0.3) is 0 Å². The van der Waals surface area contributed by atoms with Crippen molar-refractivity contribution < 1.29 is 33.9 Å². The molecule has 165 valence electrons. The molecule has 3 nitrogen and oxygen atoms in total. The van der Waals surface area contributed by atoms with Gasteiger partial charge in [-0.3, -0.25) is 12.2 Å². The van der Waals surface area contributed by atoms with Crippen LogP contribution in [-0.2, 0) is 18.6 Å². The van der Waals surface area contributed by atoms with Gasteiger partial charge in [-0.15, -0.1) is 30.1 Å². The maximum atomic E-state index is 10.3. The largest absolute Gasteiger partial charge is 0.872 e. The summed E-state index contributed by atoms with van der Waals surface area (Å²) in [5, 5.41) is 30.8. The Morgan fingerprint density at radius 3 is 0.844 bits per heavy atom. The minimum atomic E-state index is 0. The zero-order valence-electron chi connectivity index (χ0n) is 17.7. The number of benzene rings is 3. The molecule has 0 unspecified atom stereocenters. The van der Waals surface area contributed by atoms with E-state index in [9.17, 15) is 15.3 Å². The van der Waals surface area contributed by atoms with Crippen molar-refractivity contribution in [3.63, 3.8) is 0 Å².